The molecular weight excluding hydrogens is 262 g/mol. The molecule has 0 saturated carbocycles. The number of hydrogen-bond donors (Lipinski definition) is 1. The van der Waals surface area contributed by atoms with E-state index in [-0.39, 0.29) is 0 Å². The predicted octanol–water partition coefficient (Wildman–Crippen LogP) is 3.43. The average Bonchev–Trinajstić information content (AvgIpc) is 2.71. The van der Waals surface area contributed by atoms with E-state index in [1.54, 1.807) is 0 Å². The topological polar surface area (TPSA) is 40.5 Å². The van der Waals surface area contributed by atoms with Crippen LogP contribution in [0.1, 0.15) is 49.1 Å². The molecule has 2 heterocycles. The molecule has 3 nitrogen and oxygen atoms in total. The van der Waals surface area contributed by atoms with Crippen LogP contribution < -0.4 is 0 Å². The zero-order valence-corrected chi connectivity index (χ0v) is 13.0. The van der Waals surface area contributed by atoms with Gasteiger partial charge in [0, 0.05) is 18.5 Å². The quantitative estimate of drug-likeness (QED) is 0.922. The summed E-state index contributed by atoms with van der Waals surface area (Å²) in [7, 11) is 2.23. The Balaban J connectivity index is 1.80. The summed E-state index contributed by atoms with van der Waals surface area (Å²) in [6.45, 7) is 2.12. The third-order valence-electron chi connectivity index (χ3n) is 5.60. The lowest BCUT2D eigenvalue weighted by Crippen LogP contribution is -2.46. The second-order valence-corrected chi connectivity index (χ2v) is 6.82. The van der Waals surface area contributed by atoms with Crippen LogP contribution in [0.15, 0.2) is 24.3 Å². The standard InChI is InChI=1S/C18H25NO2/c1-12-3-5-13(6-4-12)15-11-14(7-10-18(20)21)16-8-9-17(15)19(16)2/h3-6,14-17H,7-11H2,1-2H3,(H,20,21)/t14-,15-,16?,17?/m0/s1. The summed E-state index contributed by atoms with van der Waals surface area (Å²) in [4.78, 5) is 13.4. The van der Waals surface area contributed by atoms with E-state index in [9.17, 15) is 4.79 Å². The number of benzene rings is 1. The summed E-state index contributed by atoms with van der Waals surface area (Å²) >= 11 is 0. The SMILES string of the molecule is Cc1ccc([C@@H]2C[C@H](CCC(=O)O)C3CCC2N3C)cc1. The van der Waals surface area contributed by atoms with Crippen LogP contribution in [-0.2, 0) is 4.79 Å². The third kappa shape index (κ3) is 2.84. The molecule has 2 fully saturated rings. The average molecular weight is 287 g/mol. The fourth-order valence-electron chi connectivity index (χ4n) is 4.48. The number of likely N-dealkylation sites (N-methyl/N-ethyl adjacent to an activating group) is 1. The van der Waals surface area contributed by atoms with Crippen molar-refractivity contribution in [3.63, 3.8) is 0 Å². The molecule has 2 bridgehead atoms. The molecule has 2 aliphatic heterocycles. The number of nitrogens with zero attached hydrogens (tertiary/aromatic N) is 1. The van der Waals surface area contributed by atoms with Crippen LogP contribution in [0.25, 0.3) is 0 Å². The van der Waals surface area contributed by atoms with E-state index in [1.165, 1.54) is 24.0 Å². The molecule has 0 aliphatic carbocycles. The number of rotatable bonds is 4. The Morgan fingerprint density at radius 3 is 2.57 bits per heavy atom. The Labute approximate surface area is 127 Å². The Hall–Kier alpha value is -1.35. The van der Waals surface area contributed by atoms with Gasteiger partial charge in [0.05, 0.1) is 0 Å². The minimum atomic E-state index is -0.662. The van der Waals surface area contributed by atoms with E-state index < -0.39 is 5.97 Å². The number of aryl methyl sites for hydroxylation is 1. The molecular formula is C18H25NO2. The lowest BCUT2D eigenvalue weighted by molar-refractivity contribution is -0.137. The minimum absolute atomic E-state index is 0.306. The van der Waals surface area contributed by atoms with E-state index in [1.807, 2.05) is 0 Å². The van der Waals surface area contributed by atoms with Gasteiger partial charge in [-0.15, -0.1) is 0 Å². The normalized spacial score (nSPS) is 32.3. The highest BCUT2D eigenvalue weighted by Gasteiger charge is 2.45. The van der Waals surface area contributed by atoms with Crippen molar-refractivity contribution < 1.29 is 9.90 Å². The highest BCUT2D eigenvalue weighted by molar-refractivity contribution is 5.66. The second kappa shape index (κ2) is 5.80. The number of aliphatic carboxylic acids is 1. The summed E-state index contributed by atoms with van der Waals surface area (Å²) in [5.41, 5.74) is 2.73. The van der Waals surface area contributed by atoms with Crippen LogP contribution >= 0.6 is 0 Å². The summed E-state index contributed by atoms with van der Waals surface area (Å²) < 4.78 is 0. The van der Waals surface area contributed by atoms with Gasteiger partial charge in [-0.05, 0) is 57.1 Å². The summed E-state index contributed by atoms with van der Waals surface area (Å²) in [5, 5.41) is 8.98. The van der Waals surface area contributed by atoms with Gasteiger partial charge in [-0.1, -0.05) is 29.8 Å². The Morgan fingerprint density at radius 1 is 1.24 bits per heavy atom. The van der Waals surface area contributed by atoms with Gasteiger partial charge >= 0.3 is 5.97 Å². The molecule has 3 rings (SSSR count). The van der Waals surface area contributed by atoms with Gasteiger partial charge in [0.15, 0.2) is 0 Å². The maximum atomic E-state index is 10.9. The number of piperidine rings is 1. The van der Waals surface area contributed by atoms with Crippen LogP contribution in [0, 0.1) is 12.8 Å². The van der Waals surface area contributed by atoms with Crippen molar-refractivity contribution in [2.45, 2.75) is 57.0 Å². The first-order chi connectivity index (χ1) is 10.1. The Kier molecular flexibility index (Phi) is 4.03. The molecule has 2 saturated heterocycles. The van der Waals surface area contributed by atoms with Crippen LogP contribution in [0.2, 0.25) is 0 Å². The van der Waals surface area contributed by atoms with Gasteiger partial charge in [0.1, 0.15) is 0 Å². The van der Waals surface area contributed by atoms with Crippen molar-refractivity contribution in [3.05, 3.63) is 35.4 Å². The smallest absolute Gasteiger partial charge is 0.303 e. The van der Waals surface area contributed by atoms with Crippen LogP contribution in [0.4, 0.5) is 0 Å². The maximum Gasteiger partial charge on any atom is 0.303 e. The highest BCUT2D eigenvalue weighted by Crippen LogP contribution is 2.47. The lowest BCUT2D eigenvalue weighted by atomic mass is 9.77. The van der Waals surface area contributed by atoms with Gasteiger partial charge in [-0.2, -0.15) is 0 Å². The molecule has 21 heavy (non-hydrogen) atoms. The van der Waals surface area contributed by atoms with Crippen molar-refractivity contribution in [1.29, 1.82) is 0 Å². The maximum absolute atomic E-state index is 10.9. The van der Waals surface area contributed by atoms with E-state index in [0.717, 1.165) is 12.8 Å². The Bertz CT molecular complexity index is 510. The molecule has 0 aromatic heterocycles. The molecule has 2 unspecified atom stereocenters. The van der Waals surface area contributed by atoms with Gasteiger partial charge in [-0.3, -0.25) is 9.69 Å². The zero-order chi connectivity index (χ0) is 15.0. The van der Waals surface area contributed by atoms with Crippen molar-refractivity contribution in [3.8, 4) is 0 Å². The number of fused-ring (bicyclic) bond motifs is 2. The summed E-state index contributed by atoms with van der Waals surface area (Å²) in [5.74, 6) is 0.425. The lowest BCUT2D eigenvalue weighted by Gasteiger charge is -2.43. The number of hydrogen-bond acceptors (Lipinski definition) is 2. The monoisotopic (exact) mass is 287 g/mol. The first kappa shape index (κ1) is 14.6. The molecule has 0 amide bonds. The van der Waals surface area contributed by atoms with Crippen molar-refractivity contribution in [1.82, 2.24) is 4.90 Å². The molecule has 1 aromatic rings. The molecule has 1 aromatic carbocycles. The minimum Gasteiger partial charge on any atom is -0.481 e. The number of carboxylic acids is 1. The molecule has 4 atom stereocenters. The fourth-order valence-corrected chi connectivity index (χ4v) is 4.48. The molecule has 2 aliphatic rings. The van der Waals surface area contributed by atoms with Crippen molar-refractivity contribution >= 4 is 5.97 Å². The number of carbonyl (C=O) groups is 1. The fraction of sp³-hybridized carbons (Fsp3) is 0.611. The first-order valence-electron chi connectivity index (χ1n) is 8.06. The van der Waals surface area contributed by atoms with Crippen LogP contribution in [-0.4, -0.2) is 35.1 Å². The predicted molar refractivity (Wildman–Crippen MR) is 83.5 cm³/mol. The largest absolute Gasteiger partial charge is 0.481 e. The Morgan fingerprint density at radius 2 is 1.90 bits per heavy atom. The van der Waals surface area contributed by atoms with E-state index in [0.29, 0.717) is 30.3 Å². The number of carboxylic acid groups (broad SMARTS) is 1. The zero-order valence-electron chi connectivity index (χ0n) is 13.0. The van der Waals surface area contributed by atoms with Gasteiger partial charge < -0.3 is 5.11 Å². The third-order valence-corrected chi connectivity index (χ3v) is 5.60. The summed E-state index contributed by atoms with van der Waals surface area (Å²) in [6.07, 6.45) is 4.76. The molecule has 3 heteroatoms. The second-order valence-electron chi connectivity index (χ2n) is 6.82. The van der Waals surface area contributed by atoms with Gasteiger partial charge in [0.25, 0.3) is 0 Å². The molecule has 1 N–H and O–H groups in total. The van der Waals surface area contributed by atoms with Crippen molar-refractivity contribution in [2.75, 3.05) is 7.05 Å². The van der Waals surface area contributed by atoms with Gasteiger partial charge in [-0.25, -0.2) is 0 Å². The molecule has 0 radical (unpaired) electrons. The first-order valence-corrected chi connectivity index (χ1v) is 8.06. The summed E-state index contributed by atoms with van der Waals surface area (Å²) in [6, 6.07) is 10.2. The van der Waals surface area contributed by atoms with Crippen LogP contribution in [0.5, 0.6) is 0 Å². The molecule has 114 valence electrons. The van der Waals surface area contributed by atoms with E-state index in [4.69, 9.17) is 5.11 Å². The molecule has 0 spiro atoms. The van der Waals surface area contributed by atoms with Gasteiger partial charge in [0.2, 0.25) is 0 Å². The van der Waals surface area contributed by atoms with E-state index in [2.05, 4.69) is 43.1 Å². The van der Waals surface area contributed by atoms with Crippen molar-refractivity contribution in [2.24, 2.45) is 5.92 Å². The van der Waals surface area contributed by atoms with E-state index >= 15 is 0 Å². The highest BCUT2D eigenvalue weighted by atomic mass is 16.4. The van der Waals surface area contributed by atoms with Crippen LogP contribution in [0.3, 0.4) is 0 Å².